The molecule has 2 nitrogen and oxygen atoms in total. The van der Waals surface area contributed by atoms with Gasteiger partial charge in [-0.25, -0.2) is 0 Å². The molecule has 0 heterocycles. The molecule has 0 aromatic rings. The highest BCUT2D eigenvalue weighted by Crippen LogP contribution is 2.24. The van der Waals surface area contributed by atoms with E-state index in [9.17, 15) is 0 Å². The van der Waals surface area contributed by atoms with Crippen LogP contribution in [-0.2, 0) is 0 Å². The molecule has 0 spiro atoms. The molecule has 0 radical (unpaired) electrons. The van der Waals surface area contributed by atoms with E-state index in [2.05, 4.69) is 61.6 Å². The minimum absolute atomic E-state index is 0.528. The Labute approximate surface area is 101 Å². The van der Waals surface area contributed by atoms with Gasteiger partial charge in [0.05, 0.1) is 0 Å². The first kappa shape index (κ1) is 13.5. The Bertz CT molecular complexity index is 218. The van der Waals surface area contributed by atoms with Crippen LogP contribution in [0.25, 0.3) is 0 Å². The predicted molar refractivity (Wildman–Crippen MR) is 73.6 cm³/mol. The molecular weight excluding hydrogens is 195 g/mol. The molecule has 0 N–H and O–H groups in total. The van der Waals surface area contributed by atoms with Gasteiger partial charge in [-0.15, -0.1) is 0 Å². The molecule has 1 aliphatic carbocycles. The number of hydrogen-bond acceptors (Lipinski definition) is 2. The van der Waals surface area contributed by atoms with Crippen molar-refractivity contribution in [1.82, 2.24) is 9.62 Å². The molecule has 1 rings (SSSR count). The van der Waals surface area contributed by atoms with Gasteiger partial charge in [-0.3, -0.25) is 0 Å². The van der Waals surface area contributed by atoms with E-state index in [-0.39, 0.29) is 0 Å². The normalized spacial score (nSPS) is 15.6. The first-order chi connectivity index (χ1) is 7.78. The maximum absolute atomic E-state index is 2.55. The van der Waals surface area contributed by atoms with Crippen molar-refractivity contribution in [2.75, 3.05) is 26.2 Å². The molecule has 0 saturated heterocycles. The van der Waals surface area contributed by atoms with E-state index in [0.29, 0.717) is 12.8 Å². The molecule has 0 atom stereocenters. The Morgan fingerprint density at radius 3 is 1.50 bits per heavy atom. The van der Waals surface area contributed by atoms with Crippen molar-refractivity contribution in [3.63, 3.8) is 0 Å². The van der Waals surface area contributed by atoms with Crippen LogP contribution in [0.3, 0.4) is 0 Å². The van der Waals surface area contributed by atoms with Gasteiger partial charge >= 0.3 is 6.98 Å². The summed E-state index contributed by atoms with van der Waals surface area (Å²) in [5.74, 6) is 0.555. The highest BCUT2D eigenvalue weighted by molar-refractivity contribution is 6.56. The largest absolute Gasteiger partial charge is 0.328 e. The highest BCUT2D eigenvalue weighted by Gasteiger charge is 2.33. The van der Waals surface area contributed by atoms with Crippen LogP contribution in [-0.4, -0.2) is 42.8 Å². The average molecular weight is 220 g/mol. The maximum atomic E-state index is 2.55. The van der Waals surface area contributed by atoms with Crippen molar-refractivity contribution in [1.29, 1.82) is 0 Å². The second-order valence-corrected chi connectivity index (χ2v) is 4.20. The number of allylic oxidation sites excluding steroid dienone is 4. The van der Waals surface area contributed by atoms with Gasteiger partial charge < -0.3 is 9.62 Å². The maximum Gasteiger partial charge on any atom is 0.322 e. The zero-order chi connectivity index (χ0) is 12.0. The summed E-state index contributed by atoms with van der Waals surface area (Å²) < 4.78 is 0. The lowest BCUT2D eigenvalue weighted by Gasteiger charge is -2.37. The zero-order valence-corrected chi connectivity index (χ0v) is 11.2. The second kappa shape index (κ2) is 6.92. The fourth-order valence-corrected chi connectivity index (χ4v) is 2.56. The molecule has 0 amide bonds. The van der Waals surface area contributed by atoms with Crippen LogP contribution in [0.15, 0.2) is 24.3 Å². The standard InChI is InChI=1S/C13H25BN2/c1-5-15(6-2)14(16(7-3)8-4)13-11-9-10-12-13/h9-13H,5-8H2,1-4H3. The minimum atomic E-state index is 0.528. The molecule has 16 heavy (non-hydrogen) atoms. The number of rotatable bonds is 7. The first-order valence-electron chi connectivity index (χ1n) is 6.61. The van der Waals surface area contributed by atoms with Crippen LogP contribution in [0, 0.1) is 0 Å². The molecule has 0 unspecified atom stereocenters. The fourth-order valence-electron chi connectivity index (χ4n) is 2.56. The van der Waals surface area contributed by atoms with Crippen LogP contribution in [0.2, 0.25) is 5.82 Å². The lowest BCUT2D eigenvalue weighted by molar-refractivity contribution is 0.374. The molecule has 0 saturated carbocycles. The molecule has 0 bridgehead atoms. The van der Waals surface area contributed by atoms with Gasteiger partial charge in [0.25, 0.3) is 0 Å². The number of hydrogen-bond donors (Lipinski definition) is 0. The van der Waals surface area contributed by atoms with E-state index in [1.54, 1.807) is 0 Å². The molecule has 0 fully saturated rings. The first-order valence-corrected chi connectivity index (χ1v) is 6.61. The predicted octanol–water partition coefficient (Wildman–Crippen LogP) is 2.65. The third-order valence-electron chi connectivity index (χ3n) is 3.50. The second-order valence-electron chi connectivity index (χ2n) is 4.20. The van der Waals surface area contributed by atoms with Gasteiger partial charge in [-0.1, -0.05) is 52.0 Å². The Kier molecular flexibility index (Phi) is 5.85. The molecule has 1 aliphatic rings. The molecule has 0 aromatic carbocycles. The van der Waals surface area contributed by atoms with Crippen molar-refractivity contribution in [3.05, 3.63) is 24.3 Å². The van der Waals surface area contributed by atoms with Crippen molar-refractivity contribution >= 4 is 6.98 Å². The molecule has 0 aromatic heterocycles. The molecule has 3 heteroatoms. The monoisotopic (exact) mass is 220 g/mol. The summed E-state index contributed by atoms with van der Waals surface area (Å²) in [4.78, 5) is 5.11. The van der Waals surface area contributed by atoms with Crippen molar-refractivity contribution in [2.45, 2.75) is 33.5 Å². The van der Waals surface area contributed by atoms with Gasteiger partial charge in [0.2, 0.25) is 0 Å². The molecular formula is C13H25BN2. The SMILES string of the molecule is CCN(CC)B(C1C=CC=C1)N(CC)CC. The van der Waals surface area contributed by atoms with E-state index in [1.165, 1.54) is 0 Å². The van der Waals surface area contributed by atoms with E-state index < -0.39 is 0 Å². The van der Waals surface area contributed by atoms with E-state index in [4.69, 9.17) is 0 Å². The summed E-state index contributed by atoms with van der Waals surface area (Å²) in [5, 5.41) is 0. The summed E-state index contributed by atoms with van der Waals surface area (Å²) in [7, 11) is 0. The highest BCUT2D eigenvalue weighted by atomic mass is 15.2. The lowest BCUT2D eigenvalue weighted by atomic mass is 9.59. The Hall–Kier alpha value is -0.535. The summed E-state index contributed by atoms with van der Waals surface area (Å²) in [6.07, 6.45) is 8.98. The lowest BCUT2D eigenvalue weighted by Crippen LogP contribution is -2.54. The number of nitrogens with zero attached hydrogens (tertiary/aromatic N) is 2. The Morgan fingerprint density at radius 1 is 0.812 bits per heavy atom. The Balaban J connectivity index is 2.82. The summed E-state index contributed by atoms with van der Waals surface area (Å²) in [6, 6.07) is 0. The van der Waals surface area contributed by atoms with Crippen LogP contribution in [0.5, 0.6) is 0 Å². The minimum Gasteiger partial charge on any atom is -0.328 e. The zero-order valence-electron chi connectivity index (χ0n) is 11.2. The van der Waals surface area contributed by atoms with E-state index in [1.807, 2.05) is 0 Å². The van der Waals surface area contributed by atoms with E-state index >= 15 is 0 Å². The van der Waals surface area contributed by atoms with Gasteiger partial charge in [-0.2, -0.15) is 0 Å². The smallest absolute Gasteiger partial charge is 0.322 e. The van der Waals surface area contributed by atoms with Crippen LogP contribution in [0.1, 0.15) is 27.7 Å². The van der Waals surface area contributed by atoms with Gasteiger partial charge in [0.1, 0.15) is 0 Å². The third-order valence-corrected chi connectivity index (χ3v) is 3.50. The fraction of sp³-hybridized carbons (Fsp3) is 0.692. The molecule has 90 valence electrons. The van der Waals surface area contributed by atoms with Crippen LogP contribution in [0.4, 0.5) is 0 Å². The van der Waals surface area contributed by atoms with Gasteiger partial charge in [0, 0.05) is 5.82 Å². The third kappa shape index (κ3) is 2.99. The van der Waals surface area contributed by atoms with Crippen molar-refractivity contribution < 1.29 is 0 Å². The van der Waals surface area contributed by atoms with E-state index in [0.717, 1.165) is 26.2 Å². The molecule has 0 aliphatic heterocycles. The van der Waals surface area contributed by atoms with Gasteiger partial charge in [-0.05, 0) is 26.2 Å². The van der Waals surface area contributed by atoms with Crippen LogP contribution < -0.4 is 0 Å². The summed E-state index contributed by atoms with van der Waals surface area (Å²) in [5.41, 5.74) is 0. The topological polar surface area (TPSA) is 6.48 Å². The Morgan fingerprint density at radius 2 is 1.19 bits per heavy atom. The quantitative estimate of drug-likeness (QED) is 0.608. The summed E-state index contributed by atoms with van der Waals surface area (Å²) in [6.45, 7) is 14.0. The van der Waals surface area contributed by atoms with Crippen LogP contribution >= 0.6 is 0 Å². The summed E-state index contributed by atoms with van der Waals surface area (Å²) >= 11 is 0. The average Bonchev–Trinajstić information content (AvgIpc) is 2.83. The van der Waals surface area contributed by atoms with Gasteiger partial charge in [0.15, 0.2) is 0 Å². The van der Waals surface area contributed by atoms with Crippen molar-refractivity contribution in [3.8, 4) is 0 Å². The van der Waals surface area contributed by atoms with Crippen molar-refractivity contribution in [2.24, 2.45) is 0 Å².